The van der Waals surface area contributed by atoms with Crippen LogP contribution in [0, 0.1) is 11.8 Å². The lowest BCUT2D eigenvalue weighted by molar-refractivity contribution is -0.161. The highest BCUT2D eigenvalue weighted by Gasteiger charge is 2.30. The van der Waals surface area contributed by atoms with E-state index in [1.807, 2.05) is 0 Å². The molecule has 0 bridgehead atoms. The Morgan fingerprint density at radius 2 is 0.479 bits per heavy atom. The molecule has 0 aliphatic carbocycles. The molecule has 0 rings (SSSR count). The van der Waals surface area contributed by atoms with Crippen molar-refractivity contribution in [1.82, 2.24) is 0 Å². The van der Waals surface area contributed by atoms with Gasteiger partial charge in [0.1, 0.15) is 19.3 Å². The van der Waals surface area contributed by atoms with E-state index >= 15 is 0 Å². The van der Waals surface area contributed by atoms with Crippen molar-refractivity contribution in [2.24, 2.45) is 11.8 Å². The van der Waals surface area contributed by atoms with Gasteiger partial charge < -0.3 is 33.8 Å². The number of hydrogen-bond donors (Lipinski definition) is 3. The van der Waals surface area contributed by atoms with Gasteiger partial charge in [-0.15, -0.1) is 0 Å². The smallest absolute Gasteiger partial charge is 0.462 e. The lowest BCUT2D eigenvalue weighted by atomic mass is 10.0. The summed E-state index contributed by atoms with van der Waals surface area (Å²) in [5.74, 6) is -0.557. The summed E-state index contributed by atoms with van der Waals surface area (Å²) in [5.41, 5.74) is 0. The molecule has 0 saturated carbocycles. The summed E-state index contributed by atoms with van der Waals surface area (Å²) in [6.07, 6.45) is 56.9. The molecule has 0 aliphatic rings. The van der Waals surface area contributed by atoms with Gasteiger partial charge in [0.25, 0.3) is 0 Å². The highest BCUT2D eigenvalue weighted by Crippen LogP contribution is 2.45. The van der Waals surface area contributed by atoms with E-state index in [2.05, 4.69) is 41.5 Å². The summed E-state index contributed by atoms with van der Waals surface area (Å²) in [7, 11) is -9.91. The zero-order chi connectivity index (χ0) is 70.7. The first-order valence-corrected chi connectivity index (χ1v) is 43.0. The molecule has 0 amide bonds. The Bertz CT molecular complexity index is 1860. The van der Waals surface area contributed by atoms with Crippen LogP contribution < -0.4 is 0 Å². The van der Waals surface area contributed by atoms with Crippen molar-refractivity contribution in [2.75, 3.05) is 39.6 Å². The summed E-state index contributed by atoms with van der Waals surface area (Å²) in [6.45, 7) is 9.60. The number of unbranched alkanes of at least 4 members (excludes halogenated alkanes) is 46. The van der Waals surface area contributed by atoms with Gasteiger partial charge in [-0.05, 0) is 37.5 Å². The summed E-state index contributed by atoms with van der Waals surface area (Å²) in [6, 6.07) is 0. The molecule has 96 heavy (non-hydrogen) atoms. The van der Waals surface area contributed by atoms with Gasteiger partial charge in [-0.3, -0.25) is 37.3 Å². The van der Waals surface area contributed by atoms with Crippen LogP contribution in [0.5, 0.6) is 0 Å². The topological polar surface area (TPSA) is 237 Å². The molecular weight excluding hydrogens is 1260 g/mol. The van der Waals surface area contributed by atoms with Crippen LogP contribution >= 0.6 is 15.6 Å². The molecule has 0 radical (unpaired) electrons. The number of aliphatic hydroxyl groups excluding tert-OH is 1. The third-order valence-electron chi connectivity index (χ3n) is 18.0. The molecule has 0 aromatic heterocycles. The Balaban J connectivity index is 5.21. The Hall–Kier alpha value is -1.94. The molecule has 0 spiro atoms. The normalized spacial score (nSPS) is 14.0. The maximum absolute atomic E-state index is 13.1. The van der Waals surface area contributed by atoms with Crippen LogP contribution in [0.3, 0.4) is 0 Å². The number of aliphatic hydroxyl groups is 1. The molecule has 0 aromatic carbocycles. The van der Waals surface area contributed by atoms with E-state index in [1.165, 1.54) is 212 Å². The van der Waals surface area contributed by atoms with E-state index in [0.717, 1.165) is 108 Å². The summed E-state index contributed by atoms with van der Waals surface area (Å²) in [4.78, 5) is 72.8. The summed E-state index contributed by atoms with van der Waals surface area (Å²) < 4.78 is 68.5. The molecule has 570 valence electrons. The van der Waals surface area contributed by atoms with Gasteiger partial charge in [0.2, 0.25) is 0 Å². The third-order valence-corrected chi connectivity index (χ3v) is 19.9. The van der Waals surface area contributed by atoms with Crippen molar-refractivity contribution in [3.05, 3.63) is 0 Å². The molecule has 0 aromatic rings. The first-order valence-electron chi connectivity index (χ1n) is 40.0. The summed E-state index contributed by atoms with van der Waals surface area (Å²) in [5, 5.41) is 10.6. The van der Waals surface area contributed by atoms with Crippen LogP contribution in [0.25, 0.3) is 0 Å². The minimum absolute atomic E-state index is 0.107. The molecule has 5 atom stereocenters. The standard InChI is InChI=1S/C77H150O17P2/c1-7-9-11-13-15-17-18-19-20-21-22-23-24-32-37-43-49-55-61-76(81)94-73(66-88-75(80)60-54-48-42-36-31-27-25-29-34-39-45-51-57-69(3)4)68-92-96(85,86)90-64-71(78)63-89-95(83,84)91-67-72(65-87-74(79)59-53-47-41-16-14-12-10-8-2)93-77(82)62-56-50-44-38-33-28-26-30-35-40-46-52-58-70(5)6/h69-73,78H,7-68H2,1-6H3,(H,83,84)(H,85,86)/t71-,72+,73+/m0/s1. The Labute approximate surface area is 588 Å². The van der Waals surface area contributed by atoms with Gasteiger partial charge in [-0.25, -0.2) is 9.13 Å². The minimum atomic E-state index is -4.96. The number of hydrogen-bond acceptors (Lipinski definition) is 15. The monoisotopic (exact) mass is 1410 g/mol. The van der Waals surface area contributed by atoms with Gasteiger partial charge >= 0.3 is 39.5 Å². The molecule has 19 heteroatoms. The second-order valence-electron chi connectivity index (χ2n) is 28.7. The number of carbonyl (C=O) groups is 4. The number of rotatable bonds is 76. The third kappa shape index (κ3) is 70.5. The van der Waals surface area contributed by atoms with Crippen LogP contribution in [0.1, 0.15) is 401 Å². The average Bonchev–Trinajstić information content (AvgIpc) is 3.18. The number of phosphoric acid groups is 2. The molecule has 17 nitrogen and oxygen atoms in total. The average molecular weight is 1410 g/mol. The lowest BCUT2D eigenvalue weighted by Gasteiger charge is -2.21. The number of ether oxygens (including phenoxy) is 4. The number of esters is 4. The van der Waals surface area contributed by atoms with Crippen LogP contribution in [0.2, 0.25) is 0 Å². The zero-order valence-electron chi connectivity index (χ0n) is 62.7. The van der Waals surface area contributed by atoms with Crippen molar-refractivity contribution in [2.45, 2.75) is 419 Å². The molecular formula is C77H150O17P2. The molecule has 0 saturated heterocycles. The van der Waals surface area contributed by atoms with E-state index in [1.54, 1.807) is 0 Å². The highest BCUT2D eigenvalue weighted by molar-refractivity contribution is 7.47. The Morgan fingerprint density at radius 3 is 0.708 bits per heavy atom. The van der Waals surface area contributed by atoms with Crippen LogP contribution in [0.15, 0.2) is 0 Å². The minimum Gasteiger partial charge on any atom is -0.462 e. The summed E-state index contributed by atoms with van der Waals surface area (Å²) >= 11 is 0. The van der Waals surface area contributed by atoms with E-state index in [0.29, 0.717) is 25.7 Å². The highest BCUT2D eigenvalue weighted by atomic mass is 31.2. The molecule has 0 aliphatic heterocycles. The van der Waals surface area contributed by atoms with E-state index in [4.69, 9.17) is 37.0 Å². The van der Waals surface area contributed by atoms with E-state index in [9.17, 15) is 43.2 Å². The van der Waals surface area contributed by atoms with Gasteiger partial charge in [0.05, 0.1) is 26.4 Å². The Morgan fingerprint density at radius 1 is 0.281 bits per heavy atom. The predicted molar refractivity (Wildman–Crippen MR) is 391 cm³/mol. The maximum Gasteiger partial charge on any atom is 0.472 e. The molecule has 0 fully saturated rings. The fourth-order valence-corrected chi connectivity index (χ4v) is 13.4. The predicted octanol–water partition coefficient (Wildman–Crippen LogP) is 22.7. The quantitative estimate of drug-likeness (QED) is 0.0222. The maximum atomic E-state index is 13.1. The van der Waals surface area contributed by atoms with Gasteiger partial charge in [-0.1, -0.05) is 350 Å². The van der Waals surface area contributed by atoms with Crippen LogP contribution in [-0.4, -0.2) is 96.7 Å². The largest absolute Gasteiger partial charge is 0.472 e. The van der Waals surface area contributed by atoms with Crippen molar-refractivity contribution >= 4 is 39.5 Å². The number of carbonyl (C=O) groups excluding carboxylic acids is 4. The van der Waals surface area contributed by atoms with Crippen molar-refractivity contribution in [3.63, 3.8) is 0 Å². The van der Waals surface area contributed by atoms with Gasteiger partial charge in [0, 0.05) is 25.7 Å². The lowest BCUT2D eigenvalue weighted by Crippen LogP contribution is -2.30. The van der Waals surface area contributed by atoms with Crippen LogP contribution in [0.4, 0.5) is 0 Å². The molecule has 3 N–H and O–H groups in total. The van der Waals surface area contributed by atoms with Crippen LogP contribution in [-0.2, 0) is 65.4 Å². The van der Waals surface area contributed by atoms with Gasteiger partial charge in [0.15, 0.2) is 12.2 Å². The SMILES string of the molecule is CCCCCCCCCCCCCCCCCCCCC(=O)O[C@H](COC(=O)CCCCCCCCCCCCCCC(C)C)COP(=O)(O)OC[C@@H](O)COP(=O)(O)OC[C@@H](COC(=O)CCCCCCCCCC)OC(=O)CCCCCCCCCCCCCCC(C)C. The van der Waals surface area contributed by atoms with E-state index < -0.39 is 97.5 Å². The fraction of sp³-hybridized carbons (Fsp3) is 0.948. The molecule has 2 unspecified atom stereocenters. The zero-order valence-corrected chi connectivity index (χ0v) is 64.5. The van der Waals surface area contributed by atoms with Crippen molar-refractivity contribution in [1.29, 1.82) is 0 Å². The number of phosphoric ester groups is 2. The molecule has 0 heterocycles. The van der Waals surface area contributed by atoms with Crippen molar-refractivity contribution < 1.29 is 80.2 Å². The fourth-order valence-electron chi connectivity index (χ4n) is 11.8. The second-order valence-corrected chi connectivity index (χ2v) is 31.6. The van der Waals surface area contributed by atoms with Gasteiger partial charge in [-0.2, -0.15) is 0 Å². The second kappa shape index (κ2) is 68.8. The first kappa shape index (κ1) is 94.1. The Kier molecular flexibility index (Phi) is 67.4. The van der Waals surface area contributed by atoms with Crippen molar-refractivity contribution in [3.8, 4) is 0 Å². The first-order chi connectivity index (χ1) is 46.4. The van der Waals surface area contributed by atoms with E-state index in [-0.39, 0.29) is 25.7 Å².